The Morgan fingerprint density at radius 2 is 1.81 bits per heavy atom. The maximum absolute atomic E-state index is 13.1. The number of aromatic nitrogens is 2. The van der Waals surface area contributed by atoms with E-state index >= 15 is 0 Å². The van der Waals surface area contributed by atoms with Crippen LogP contribution in [0.5, 0.6) is 5.75 Å². The van der Waals surface area contributed by atoms with E-state index in [1.165, 1.54) is 11.3 Å². The molecule has 0 radical (unpaired) electrons. The summed E-state index contributed by atoms with van der Waals surface area (Å²) in [4.78, 5) is 14.8. The van der Waals surface area contributed by atoms with E-state index in [2.05, 4.69) is 10.2 Å². The highest BCUT2D eigenvalue weighted by atomic mass is 32.1. The molecule has 27 heavy (non-hydrogen) atoms. The normalized spacial score (nSPS) is 10.6. The van der Waals surface area contributed by atoms with Gasteiger partial charge in [0, 0.05) is 17.7 Å². The third kappa shape index (κ3) is 4.34. The average molecular weight is 382 g/mol. The maximum atomic E-state index is 13.1. The van der Waals surface area contributed by atoms with Crippen LogP contribution < -0.4 is 9.64 Å². The molecule has 3 rings (SSSR count). The fourth-order valence-electron chi connectivity index (χ4n) is 2.77. The van der Waals surface area contributed by atoms with E-state index in [0.717, 1.165) is 28.3 Å². The van der Waals surface area contributed by atoms with Gasteiger partial charge in [-0.1, -0.05) is 36.5 Å². The van der Waals surface area contributed by atoms with Crippen molar-refractivity contribution < 1.29 is 9.53 Å². The lowest BCUT2D eigenvalue weighted by Gasteiger charge is -2.19. The standard InChI is InChI=1S/C21H23N3O2S/c1-4-14-24(20(25)18-9-7-6-8-15(18)3)21-23-22-19(27-21)16-10-12-17(13-11-16)26-5-2/h6-13H,4-5,14H2,1-3H3. The molecule has 0 fully saturated rings. The molecule has 0 unspecified atom stereocenters. The number of aryl methyl sites for hydroxylation is 1. The largest absolute Gasteiger partial charge is 0.494 e. The lowest BCUT2D eigenvalue weighted by molar-refractivity contribution is 0.0986. The van der Waals surface area contributed by atoms with Gasteiger partial charge in [0.2, 0.25) is 5.13 Å². The van der Waals surface area contributed by atoms with Crippen molar-refractivity contribution >= 4 is 22.4 Å². The van der Waals surface area contributed by atoms with E-state index in [4.69, 9.17) is 4.74 Å². The van der Waals surface area contributed by atoms with Gasteiger partial charge in [-0.05, 0) is 56.2 Å². The highest BCUT2D eigenvalue weighted by Crippen LogP contribution is 2.31. The van der Waals surface area contributed by atoms with Crippen molar-refractivity contribution in [3.8, 4) is 16.3 Å². The third-order valence-corrected chi connectivity index (χ3v) is 5.12. The molecule has 0 spiro atoms. The van der Waals surface area contributed by atoms with E-state index in [1.54, 1.807) is 4.90 Å². The van der Waals surface area contributed by atoms with Gasteiger partial charge in [-0.3, -0.25) is 9.69 Å². The quantitative estimate of drug-likeness (QED) is 0.580. The fourth-order valence-corrected chi connectivity index (χ4v) is 3.64. The first-order valence-corrected chi connectivity index (χ1v) is 9.90. The predicted octanol–water partition coefficient (Wildman–Crippen LogP) is 4.97. The summed E-state index contributed by atoms with van der Waals surface area (Å²) < 4.78 is 5.48. The molecular weight excluding hydrogens is 358 g/mol. The molecule has 0 saturated carbocycles. The predicted molar refractivity (Wildman–Crippen MR) is 110 cm³/mol. The molecule has 140 valence electrons. The first kappa shape index (κ1) is 19.0. The van der Waals surface area contributed by atoms with Crippen molar-refractivity contribution in [3.05, 3.63) is 59.7 Å². The highest BCUT2D eigenvalue weighted by Gasteiger charge is 2.22. The zero-order chi connectivity index (χ0) is 19.2. The average Bonchev–Trinajstić information content (AvgIpc) is 3.16. The summed E-state index contributed by atoms with van der Waals surface area (Å²) in [5, 5.41) is 9.99. The van der Waals surface area contributed by atoms with Gasteiger partial charge in [0.1, 0.15) is 10.8 Å². The Bertz CT molecular complexity index is 906. The van der Waals surface area contributed by atoms with Gasteiger partial charge in [-0.25, -0.2) is 0 Å². The molecule has 0 aliphatic heterocycles. The second kappa shape index (κ2) is 8.77. The Morgan fingerprint density at radius 1 is 1.07 bits per heavy atom. The minimum Gasteiger partial charge on any atom is -0.494 e. The number of rotatable bonds is 7. The smallest absolute Gasteiger partial charge is 0.260 e. The van der Waals surface area contributed by atoms with Crippen molar-refractivity contribution in [2.24, 2.45) is 0 Å². The zero-order valence-electron chi connectivity index (χ0n) is 15.8. The number of carbonyl (C=O) groups excluding carboxylic acids is 1. The Balaban J connectivity index is 1.87. The van der Waals surface area contributed by atoms with Gasteiger partial charge in [0.15, 0.2) is 0 Å². The Hall–Kier alpha value is -2.73. The van der Waals surface area contributed by atoms with E-state index in [9.17, 15) is 4.79 Å². The topological polar surface area (TPSA) is 55.3 Å². The summed E-state index contributed by atoms with van der Waals surface area (Å²) in [6.07, 6.45) is 0.843. The molecule has 1 heterocycles. The van der Waals surface area contributed by atoms with Crippen molar-refractivity contribution in [2.45, 2.75) is 27.2 Å². The second-order valence-electron chi connectivity index (χ2n) is 6.12. The molecular formula is C21H23N3O2S. The molecule has 0 bridgehead atoms. The first-order chi connectivity index (χ1) is 13.1. The van der Waals surface area contributed by atoms with Crippen LogP contribution >= 0.6 is 11.3 Å². The number of nitrogens with zero attached hydrogens (tertiary/aromatic N) is 3. The summed E-state index contributed by atoms with van der Waals surface area (Å²) in [7, 11) is 0. The van der Waals surface area contributed by atoms with Crippen LogP contribution in [0.4, 0.5) is 5.13 Å². The Labute approximate surface area is 163 Å². The van der Waals surface area contributed by atoms with Crippen LogP contribution in [0, 0.1) is 6.92 Å². The number of anilines is 1. The van der Waals surface area contributed by atoms with Crippen LogP contribution in [-0.2, 0) is 0 Å². The second-order valence-corrected chi connectivity index (χ2v) is 7.07. The van der Waals surface area contributed by atoms with Crippen LogP contribution in [0.1, 0.15) is 36.2 Å². The monoisotopic (exact) mass is 381 g/mol. The highest BCUT2D eigenvalue weighted by molar-refractivity contribution is 7.18. The molecule has 0 aliphatic carbocycles. The number of hydrogen-bond donors (Lipinski definition) is 0. The lowest BCUT2D eigenvalue weighted by atomic mass is 10.1. The van der Waals surface area contributed by atoms with Crippen LogP contribution in [0.2, 0.25) is 0 Å². The zero-order valence-corrected chi connectivity index (χ0v) is 16.6. The number of benzene rings is 2. The molecule has 0 saturated heterocycles. The molecule has 1 aromatic heterocycles. The summed E-state index contributed by atoms with van der Waals surface area (Å²) in [5.74, 6) is 0.790. The number of hydrogen-bond acceptors (Lipinski definition) is 5. The van der Waals surface area contributed by atoms with Gasteiger partial charge in [0.05, 0.1) is 6.61 Å². The van der Waals surface area contributed by atoms with Gasteiger partial charge in [-0.15, -0.1) is 10.2 Å². The minimum absolute atomic E-state index is 0.0376. The number of carbonyl (C=O) groups is 1. The molecule has 0 atom stereocenters. The van der Waals surface area contributed by atoms with Crippen LogP contribution in [0.25, 0.3) is 10.6 Å². The molecule has 6 heteroatoms. The van der Waals surface area contributed by atoms with Crippen molar-refractivity contribution in [3.63, 3.8) is 0 Å². The van der Waals surface area contributed by atoms with Crippen LogP contribution in [0.15, 0.2) is 48.5 Å². The third-order valence-electron chi connectivity index (χ3n) is 4.13. The summed E-state index contributed by atoms with van der Waals surface area (Å²) in [6.45, 7) is 7.19. The van der Waals surface area contributed by atoms with Gasteiger partial charge in [0.25, 0.3) is 5.91 Å². The van der Waals surface area contributed by atoms with Crippen molar-refractivity contribution in [1.29, 1.82) is 0 Å². The maximum Gasteiger partial charge on any atom is 0.260 e. The summed E-state index contributed by atoms with van der Waals surface area (Å²) in [5.41, 5.74) is 2.62. The first-order valence-electron chi connectivity index (χ1n) is 9.08. The molecule has 1 amide bonds. The van der Waals surface area contributed by atoms with Crippen LogP contribution in [-0.4, -0.2) is 29.3 Å². The van der Waals surface area contributed by atoms with Gasteiger partial charge in [-0.2, -0.15) is 0 Å². The SMILES string of the molecule is CCCN(C(=O)c1ccccc1C)c1nnc(-c2ccc(OCC)cc2)s1. The Kier molecular flexibility index (Phi) is 6.19. The number of amides is 1. The molecule has 3 aromatic rings. The fraction of sp³-hybridized carbons (Fsp3) is 0.286. The molecule has 0 N–H and O–H groups in total. The van der Waals surface area contributed by atoms with E-state index in [0.29, 0.717) is 23.8 Å². The lowest BCUT2D eigenvalue weighted by Crippen LogP contribution is -2.32. The van der Waals surface area contributed by atoms with Crippen molar-refractivity contribution in [2.75, 3.05) is 18.1 Å². The van der Waals surface area contributed by atoms with E-state index in [-0.39, 0.29) is 5.91 Å². The Morgan fingerprint density at radius 3 is 2.48 bits per heavy atom. The van der Waals surface area contributed by atoms with E-state index < -0.39 is 0 Å². The van der Waals surface area contributed by atoms with Crippen LogP contribution in [0.3, 0.4) is 0 Å². The number of ether oxygens (including phenoxy) is 1. The summed E-state index contributed by atoms with van der Waals surface area (Å²) >= 11 is 1.42. The summed E-state index contributed by atoms with van der Waals surface area (Å²) in [6, 6.07) is 15.4. The van der Waals surface area contributed by atoms with Crippen molar-refractivity contribution in [1.82, 2.24) is 10.2 Å². The molecule has 0 aliphatic rings. The molecule has 2 aromatic carbocycles. The molecule has 5 nitrogen and oxygen atoms in total. The minimum atomic E-state index is -0.0376. The van der Waals surface area contributed by atoms with E-state index in [1.807, 2.05) is 69.3 Å². The van der Waals surface area contributed by atoms with Gasteiger partial charge >= 0.3 is 0 Å². The van der Waals surface area contributed by atoms with Gasteiger partial charge < -0.3 is 4.74 Å².